The molecule has 5 nitrogen and oxygen atoms in total. The molecule has 2 N–H and O–H groups in total. The molecule has 1 atom stereocenters. The van der Waals surface area contributed by atoms with Gasteiger partial charge < -0.3 is 15.4 Å². The Bertz CT molecular complexity index is 685. The van der Waals surface area contributed by atoms with E-state index in [1.807, 2.05) is 48.2 Å². The molecule has 1 aromatic heterocycles. The summed E-state index contributed by atoms with van der Waals surface area (Å²) < 4.78 is 5.72. The SMILES string of the molecule is Cc1ccc(OCc2cccc(C(=O)N3CC[C@@H](N)C3)c2)cn1. The molecule has 3 rings (SSSR count). The molecule has 0 unspecified atom stereocenters. The Morgan fingerprint density at radius 3 is 2.96 bits per heavy atom. The van der Waals surface area contributed by atoms with Gasteiger partial charge in [0.15, 0.2) is 0 Å². The van der Waals surface area contributed by atoms with E-state index in [9.17, 15) is 4.79 Å². The van der Waals surface area contributed by atoms with Gasteiger partial charge in [0.05, 0.1) is 6.20 Å². The summed E-state index contributed by atoms with van der Waals surface area (Å²) in [7, 11) is 0. The third kappa shape index (κ3) is 3.87. The summed E-state index contributed by atoms with van der Waals surface area (Å²) in [6.45, 7) is 3.71. The van der Waals surface area contributed by atoms with Gasteiger partial charge in [0.1, 0.15) is 12.4 Å². The molecule has 1 aliphatic heterocycles. The van der Waals surface area contributed by atoms with Gasteiger partial charge in [-0.15, -0.1) is 0 Å². The van der Waals surface area contributed by atoms with Gasteiger partial charge in [-0.25, -0.2) is 0 Å². The molecule has 0 saturated carbocycles. The van der Waals surface area contributed by atoms with Crippen LogP contribution in [0.1, 0.15) is 28.0 Å². The molecule has 1 aliphatic rings. The van der Waals surface area contributed by atoms with Crippen LogP contribution in [0.25, 0.3) is 0 Å². The van der Waals surface area contributed by atoms with Crippen LogP contribution < -0.4 is 10.5 Å². The van der Waals surface area contributed by atoms with Crippen molar-refractivity contribution in [3.63, 3.8) is 0 Å². The Hall–Kier alpha value is -2.40. The van der Waals surface area contributed by atoms with E-state index in [-0.39, 0.29) is 11.9 Å². The minimum atomic E-state index is 0.0387. The predicted molar refractivity (Wildman–Crippen MR) is 88.2 cm³/mol. The maximum absolute atomic E-state index is 12.5. The number of aryl methyl sites for hydroxylation is 1. The van der Waals surface area contributed by atoms with E-state index in [0.717, 1.165) is 30.0 Å². The first-order chi connectivity index (χ1) is 11.1. The zero-order chi connectivity index (χ0) is 16.2. The minimum absolute atomic E-state index is 0.0387. The number of ether oxygens (including phenoxy) is 1. The Morgan fingerprint density at radius 2 is 2.26 bits per heavy atom. The fraction of sp³-hybridized carbons (Fsp3) is 0.333. The Morgan fingerprint density at radius 1 is 1.39 bits per heavy atom. The number of aromatic nitrogens is 1. The second kappa shape index (κ2) is 6.79. The predicted octanol–water partition coefficient (Wildman–Crippen LogP) is 2.14. The number of benzene rings is 1. The quantitative estimate of drug-likeness (QED) is 0.939. The lowest BCUT2D eigenvalue weighted by molar-refractivity contribution is 0.0790. The largest absolute Gasteiger partial charge is 0.487 e. The molecule has 0 spiro atoms. The molecule has 120 valence electrons. The smallest absolute Gasteiger partial charge is 0.253 e. The first-order valence-electron chi connectivity index (χ1n) is 7.81. The van der Waals surface area contributed by atoms with Crippen molar-refractivity contribution in [2.75, 3.05) is 13.1 Å². The van der Waals surface area contributed by atoms with Gasteiger partial charge in [0.25, 0.3) is 5.91 Å². The van der Waals surface area contributed by atoms with Crippen LogP contribution in [-0.2, 0) is 6.61 Å². The van der Waals surface area contributed by atoms with Gasteiger partial charge in [-0.3, -0.25) is 9.78 Å². The first-order valence-corrected chi connectivity index (χ1v) is 7.81. The van der Waals surface area contributed by atoms with Crippen LogP contribution in [0.2, 0.25) is 0 Å². The van der Waals surface area contributed by atoms with Gasteiger partial charge in [0.2, 0.25) is 0 Å². The summed E-state index contributed by atoms with van der Waals surface area (Å²) in [4.78, 5) is 18.5. The minimum Gasteiger partial charge on any atom is -0.487 e. The number of hydrogen-bond donors (Lipinski definition) is 1. The van der Waals surface area contributed by atoms with E-state index in [1.165, 1.54) is 0 Å². The van der Waals surface area contributed by atoms with Crippen LogP contribution in [-0.4, -0.2) is 34.9 Å². The summed E-state index contributed by atoms with van der Waals surface area (Å²) in [6, 6.07) is 11.5. The van der Waals surface area contributed by atoms with Crippen molar-refractivity contribution in [1.82, 2.24) is 9.88 Å². The van der Waals surface area contributed by atoms with E-state index in [4.69, 9.17) is 10.5 Å². The van der Waals surface area contributed by atoms with Crippen molar-refractivity contribution in [1.29, 1.82) is 0 Å². The molecule has 0 aliphatic carbocycles. The van der Waals surface area contributed by atoms with Crippen LogP contribution in [0, 0.1) is 6.92 Å². The van der Waals surface area contributed by atoms with Crippen molar-refractivity contribution >= 4 is 5.91 Å². The number of amides is 1. The average Bonchev–Trinajstić information content (AvgIpc) is 3.00. The molecule has 23 heavy (non-hydrogen) atoms. The molecule has 0 radical (unpaired) electrons. The van der Waals surface area contributed by atoms with Gasteiger partial charge in [-0.1, -0.05) is 12.1 Å². The molecular formula is C18H21N3O2. The second-order valence-electron chi connectivity index (χ2n) is 5.92. The molecule has 0 bridgehead atoms. The molecule has 5 heteroatoms. The third-order valence-electron chi connectivity index (χ3n) is 3.98. The highest BCUT2D eigenvalue weighted by Crippen LogP contribution is 2.16. The van der Waals surface area contributed by atoms with Crippen molar-refractivity contribution in [3.05, 3.63) is 59.4 Å². The van der Waals surface area contributed by atoms with Crippen LogP contribution in [0.15, 0.2) is 42.6 Å². The summed E-state index contributed by atoms with van der Waals surface area (Å²) in [5.41, 5.74) is 8.47. The number of pyridine rings is 1. The number of hydrogen-bond acceptors (Lipinski definition) is 4. The highest BCUT2D eigenvalue weighted by Gasteiger charge is 2.24. The summed E-state index contributed by atoms with van der Waals surface area (Å²) in [5, 5.41) is 0. The van der Waals surface area contributed by atoms with Crippen LogP contribution >= 0.6 is 0 Å². The highest BCUT2D eigenvalue weighted by atomic mass is 16.5. The zero-order valence-corrected chi connectivity index (χ0v) is 13.2. The van der Waals surface area contributed by atoms with E-state index < -0.39 is 0 Å². The van der Waals surface area contributed by atoms with E-state index in [1.54, 1.807) is 6.20 Å². The zero-order valence-electron chi connectivity index (χ0n) is 13.2. The first kappa shape index (κ1) is 15.5. The third-order valence-corrected chi connectivity index (χ3v) is 3.98. The van der Waals surface area contributed by atoms with E-state index in [2.05, 4.69) is 4.98 Å². The van der Waals surface area contributed by atoms with Gasteiger partial charge in [-0.2, -0.15) is 0 Å². The van der Waals surface area contributed by atoms with E-state index in [0.29, 0.717) is 18.7 Å². The number of nitrogens with zero attached hydrogens (tertiary/aromatic N) is 2. The molecule has 1 aromatic carbocycles. The monoisotopic (exact) mass is 311 g/mol. The topological polar surface area (TPSA) is 68.5 Å². The van der Waals surface area contributed by atoms with Crippen molar-refractivity contribution in [2.24, 2.45) is 5.73 Å². The molecule has 1 saturated heterocycles. The number of rotatable bonds is 4. The van der Waals surface area contributed by atoms with Gasteiger partial charge in [0, 0.05) is 30.4 Å². The lowest BCUT2D eigenvalue weighted by atomic mass is 10.1. The maximum Gasteiger partial charge on any atom is 0.253 e. The number of likely N-dealkylation sites (tertiary alicyclic amines) is 1. The van der Waals surface area contributed by atoms with E-state index >= 15 is 0 Å². The van der Waals surface area contributed by atoms with Crippen LogP contribution in [0.3, 0.4) is 0 Å². The van der Waals surface area contributed by atoms with Crippen LogP contribution in [0.5, 0.6) is 5.75 Å². The summed E-state index contributed by atoms with van der Waals surface area (Å²) in [6.07, 6.45) is 2.57. The standard InChI is InChI=1S/C18H21N3O2/c1-13-5-6-17(10-20-13)23-12-14-3-2-4-15(9-14)18(22)21-8-7-16(19)11-21/h2-6,9-10,16H,7-8,11-12,19H2,1H3/t16-/m1/s1. The van der Waals surface area contributed by atoms with Crippen molar-refractivity contribution in [2.45, 2.75) is 26.0 Å². The lowest BCUT2D eigenvalue weighted by Gasteiger charge is -2.16. The van der Waals surface area contributed by atoms with Gasteiger partial charge >= 0.3 is 0 Å². The van der Waals surface area contributed by atoms with Gasteiger partial charge in [-0.05, 0) is 43.2 Å². The molecule has 1 fully saturated rings. The normalized spacial score (nSPS) is 17.3. The fourth-order valence-corrected chi connectivity index (χ4v) is 2.65. The molecule has 2 heterocycles. The van der Waals surface area contributed by atoms with Crippen molar-refractivity contribution in [3.8, 4) is 5.75 Å². The van der Waals surface area contributed by atoms with Crippen LogP contribution in [0.4, 0.5) is 0 Å². The fourth-order valence-electron chi connectivity index (χ4n) is 2.65. The Labute approximate surface area is 136 Å². The molecule has 1 amide bonds. The Balaban J connectivity index is 1.65. The number of carbonyl (C=O) groups is 1. The second-order valence-corrected chi connectivity index (χ2v) is 5.92. The Kier molecular flexibility index (Phi) is 4.57. The maximum atomic E-state index is 12.5. The number of carbonyl (C=O) groups excluding carboxylic acids is 1. The number of nitrogens with two attached hydrogens (primary N) is 1. The molecular weight excluding hydrogens is 290 g/mol. The average molecular weight is 311 g/mol. The highest BCUT2D eigenvalue weighted by molar-refractivity contribution is 5.94. The lowest BCUT2D eigenvalue weighted by Crippen LogP contribution is -2.31. The summed E-state index contributed by atoms with van der Waals surface area (Å²) >= 11 is 0. The summed E-state index contributed by atoms with van der Waals surface area (Å²) in [5.74, 6) is 0.759. The van der Waals surface area contributed by atoms with Crippen molar-refractivity contribution < 1.29 is 9.53 Å². The molecule has 2 aromatic rings.